The Morgan fingerprint density at radius 1 is 1.21 bits per heavy atom. The number of rotatable bonds is 9. The van der Waals surface area contributed by atoms with E-state index in [9.17, 15) is 4.39 Å². The highest BCUT2D eigenvalue weighted by Gasteiger charge is 2.12. The fourth-order valence-corrected chi connectivity index (χ4v) is 2.79. The fourth-order valence-electron chi connectivity index (χ4n) is 2.79. The number of H-pyrrole nitrogens is 1. The second-order valence-corrected chi connectivity index (χ2v) is 6.35. The lowest BCUT2D eigenvalue weighted by Crippen LogP contribution is -2.13. The number of fused-ring (bicyclic) bond motifs is 1. The van der Waals surface area contributed by atoms with Crippen LogP contribution < -0.4 is 10.1 Å². The molecule has 0 fully saturated rings. The van der Waals surface area contributed by atoms with Crippen molar-refractivity contribution in [3.05, 3.63) is 47.9 Å². The number of aromatic amines is 1. The van der Waals surface area contributed by atoms with Gasteiger partial charge in [-0.15, -0.1) is 5.10 Å². The van der Waals surface area contributed by atoms with Crippen molar-refractivity contribution in [3.63, 3.8) is 0 Å². The molecule has 3 rings (SSSR count). The molecule has 8 nitrogen and oxygen atoms in total. The van der Waals surface area contributed by atoms with Crippen LogP contribution in [0.15, 0.2) is 41.5 Å². The van der Waals surface area contributed by atoms with Gasteiger partial charge in [0.05, 0.1) is 30.0 Å². The predicted molar refractivity (Wildman–Crippen MR) is 109 cm³/mol. The summed E-state index contributed by atoms with van der Waals surface area (Å²) in [4.78, 5) is 9.05. The van der Waals surface area contributed by atoms with E-state index in [0.717, 1.165) is 16.5 Å². The zero-order valence-corrected chi connectivity index (χ0v) is 16.6. The average Bonchev–Trinajstić information content (AvgIpc) is 3.11. The summed E-state index contributed by atoms with van der Waals surface area (Å²) in [6.45, 7) is 3.10. The lowest BCUT2D eigenvalue weighted by molar-refractivity contribution is 0.144. The van der Waals surface area contributed by atoms with Crippen LogP contribution in [0, 0.1) is 5.82 Å². The first-order chi connectivity index (χ1) is 14.1. The van der Waals surface area contributed by atoms with Crippen molar-refractivity contribution in [2.75, 3.05) is 39.4 Å². The van der Waals surface area contributed by atoms with Crippen LogP contribution in [0.1, 0.15) is 18.5 Å². The number of amidine groups is 1. The van der Waals surface area contributed by atoms with Gasteiger partial charge in [-0.1, -0.05) is 12.1 Å². The van der Waals surface area contributed by atoms with Crippen molar-refractivity contribution in [1.82, 2.24) is 15.2 Å². The van der Waals surface area contributed by atoms with Crippen molar-refractivity contribution >= 4 is 22.6 Å². The van der Waals surface area contributed by atoms with E-state index in [2.05, 4.69) is 25.5 Å². The largest absolute Gasteiger partial charge is 0.474 e. The molecule has 0 aliphatic heterocycles. The summed E-state index contributed by atoms with van der Waals surface area (Å²) in [7, 11) is 3.22. The molecule has 29 heavy (non-hydrogen) atoms. The maximum Gasteiger partial charge on any atom is 0.242 e. The quantitative estimate of drug-likeness (QED) is 0.324. The monoisotopic (exact) mass is 401 g/mol. The smallest absolute Gasteiger partial charge is 0.242 e. The number of ether oxygens (including phenoxy) is 3. The van der Waals surface area contributed by atoms with Gasteiger partial charge in [0.15, 0.2) is 0 Å². The summed E-state index contributed by atoms with van der Waals surface area (Å²) in [5, 5.41) is 11.0. The molecule has 9 heteroatoms. The third-order valence-corrected chi connectivity index (χ3v) is 4.18. The van der Waals surface area contributed by atoms with Gasteiger partial charge in [-0.05, 0) is 24.6 Å². The molecule has 2 N–H and O–H groups in total. The number of hydrogen-bond acceptors (Lipinski definition) is 6. The second-order valence-electron chi connectivity index (χ2n) is 6.35. The van der Waals surface area contributed by atoms with Gasteiger partial charge >= 0.3 is 0 Å². The van der Waals surface area contributed by atoms with Crippen LogP contribution in [0.3, 0.4) is 0 Å². The molecule has 0 saturated heterocycles. The zero-order valence-electron chi connectivity index (χ0n) is 16.6. The number of benzene rings is 1. The molecule has 2 aromatic heterocycles. The topological polar surface area (TPSA) is 93.7 Å². The molecule has 1 atom stereocenters. The minimum Gasteiger partial charge on any atom is -0.474 e. The van der Waals surface area contributed by atoms with Crippen LogP contribution in [-0.4, -0.2) is 55.1 Å². The van der Waals surface area contributed by atoms with Gasteiger partial charge in [-0.25, -0.2) is 9.37 Å². The van der Waals surface area contributed by atoms with Crippen molar-refractivity contribution in [2.24, 2.45) is 4.99 Å². The van der Waals surface area contributed by atoms with E-state index in [1.54, 1.807) is 32.5 Å². The summed E-state index contributed by atoms with van der Waals surface area (Å²) in [6, 6.07) is 7.80. The minimum absolute atomic E-state index is 0.259. The maximum absolute atomic E-state index is 13.2. The maximum atomic E-state index is 13.2. The Morgan fingerprint density at radius 3 is 2.72 bits per heavy atom. The normalized spacial score (nSPS) is 12.9. The van der Waals surface area contributed by atoms with E-state index in [0.29, 0.717) is 37.4 Å². The van der Waals surface area contributed by atoms with E-state index < -0.39 is 0 Å². The minimum atomic E-state index is -0.286. The highest BCUT2D eigenvalue weighted by molar-refractivity contribution is 5.95. The van der Waals surface area contributed by atoms with Crippen molar-refractivity contribution in [2.45, 2.75) is 13.0 Å². The van der Waals surface area contributed by atoms with Crippen molar-refractivity contribution in [1.29, 1.82) is 0 Å². The summed E-state index contributed by atoms with van der Waals surface area (Å²) < 4.78 is 29.0. The zero-order chi connectivity index (χ0) is 20.6. The molecule has 0 bridgehead atoms. The van der Waals surface area contributed by atoms with E-state index in [-0.39, 0.29) is 11.9 Å². The molecule has 0 amide bonds. The molecule has 0 aliphatic rings. The summed E-state index contributed by atoms with van der Waals surface area (Å²) in [5.74, 6) is 1.46. The number of aromatic nitrogens is 3. The Hall–Kier alpha value is -3.04. The Morgan fingerprint density at radius 2 is 2.00 bits per heavy atom. The first-order valence-electron chi connectivity index (χ1n) is 9.12. The molecule has 154 valence electrons. The molecule has 3 aromatic rings. The molecule has 0 aliphatic carbocycles. The second kappa shape index (κ2) is 9.94. The number of methoxy groups -OCH3 is 2. The predicted octanol–water partition coefficient (Wildman–Crippen LogP) is 3.34. The number of pyridine rings is 1. The number of anilines is 1. The number of hydrogen-bond donors (Lipinski definition) is 2. The third kappa shape index (κ3) is 5.49. The van der Waals surface area contributed by atoms with Crippen LogP contribution in [-0.2, 0) is 9.47 Å². The first-order valence-corrected chi connectivity index (χ1v) is 9.12. The number of nitrogens with zero attached hydrogens (tertiary/aromatic N) is 3. The molecule has 1 aromatic carbocycles. The Balaban J connectivity index is 1.73. The van der Waals surface area contributed by atoms with Gasteiger partial charge in [0, 0.05) is 26.5 Å². The van der Waals surface area contributed by atoms with Crippen LogP contribution >= 0.6 is 0 Å². The summed E-state index contributed by atoms with van der Waals surface area (Å²) >= 11 is 0. The standard InChI is InChI=1S/C20H24FN5O3/c1-13(23-18(12-28-3)14-4-6-15(21)7-5-14)24-19-10-17-16(11-22-19)20(26-25-17)29-9-8-27-2/h4-7,10-11,18H,8-9,12H2,1-3H3,(H,25,26)(H,22,23,24). The SMILES string of the molecule is COCCOc1n[nH]c2cc(NC(C)=NC(COC)c3ccc(F)cc3)ncc12. The van der Waals surface area contributed by atoms with Gasteiger partial charge in [-0.3, -0.25) is 10.1 Å². The molecular formula is C20H24FN5O3. The van der Waals surface area contributed by atoms with Crippen LogP contribution in [0.2, 0.25) is 0 Å². The van der Waals surface area contributed by atoms with E-state index in [1.807, 2.05) is 13.0 Å². The number of halogens is 1. The third-order valence-electron chi connectivity index (χ3n) is 4.18. The molecule has 0 spiro atoms. The van der Waals surface area contributed by atoms with Gasteiger partial charge in [0.1, 0.15) is 24.3 Å². The van der Waals surface area contributed by atoms with Gasteiger partial charge in [0.2, 0.25) is 5.88 Å². The highest BCUT2D eigenvalue weighted by atomic mass is 19.1. The highest BCUT2D eigenvalue weighted by Crippen LogP contribution is 2.24. The van der Waals surface area contributed by atoms with Gasteiger partial charge in [0.25, 0.3) is 0 Å². The fraction of sp³-hybridized carbons (Fsp3) is 0.350. The van der Waals surface area contributed by atoms with Crippen molar-refractivity contribution in [3.8, 4) is 5.88 Å². The molecule has 0 saturated carbocycles. The van der Waals surface area contributed by atoms with Crippen LogP contribution in [0.5, 0.6) is 5.88 Å². The molecular weight excluding hydrogens is 377 g/mol. The Labute approximate surface area is 168 Å². The van der Waals surface area contributed by atoms with Gasteiger partial charge in [-0.2, -0.15) is 0 Å². The Bertz CT molecular complexity index is 958. The van der Waals surface area contributed by atoms with E-state index >= 15 is 0 Å². The van der Waals surface area contributed by atoms with E-state index in [1.165, 1.54) is 12.1 Å². The molecule has 2 heterocycles. The summed E-state index contributed by atoms with van der Waals surface area (Å²) in [6.07, 6.45) is 1.68. The van der Waals surface area contributed by atoms with Crippen LogP contribution in [0.4, 0.5) is 10.2 Å². The number of aliphatic imine (C=N–C) groups is 1. The van der Waals surface area contributed by atoms with Crippen LogP contribution in [0.25, 0.3) is 10.9 Å². The lowest BCUT2D eigenvalue weighted by atomic mass is 10.1. The first kappa shape index (κ1) is 20.7. The lowest BCUT2D eigenvalue weighted by Gasteiger charge is -2.14. The van der Waals surface area contributed by atoms with E-state index in [4.69, 9.17) is 14.2 Å². The molecule has 1 unspecified atom stereocenters. The summed E-state index contributed by atoms with van der Waals surface area (Å²) in [5.41, 5.74) is 1.65. The van der Waals surface area contributed by atoms with Crippen molar-refractivity contribution < 1.29 is 18.6 Å². The average molecular weight is 401 g/mol. The number of nitrogens with one attached hydrogen (secondary N) is 2. The Kier molecular flexibility index (Phi) is 7.09. The molecule has 0 radical (unpaired) electrons. The van der Waals surface area contributed by atoms with Gasteiger partial charge < -0.3 is 19.5 Å².